The maximum absolute atomic E-state index is 9.38. The minimum absolute atomic E-state index is 0.0616. The van der Waals surface area contributed by atoms with E-state index < -0.39 is 0 Å². The van der Waals surface area contributed by atoms with Gasteiger partial charge in [0.2, 0.25) is 0 Å². The lowest BCUT2D eigenvalue weighted by Crippen LogP contribution is -2.21. The number of hydrogen-bond donors (Lipinski definition) is 2. The van der Waals surface area contributed by atoms with E-state index in [0.717, 1.165) is 53.2 Å². The van der Waals surface area contributed by atoms with E-state index in [4.69, 9.17) is 0 Å². The smallest absolute Gasteiger partial charge is 0.165 e. The van der Waals surface area contributed by atoms with E-state index in [9.17, 15) is 5.11 Å². The summed E-state index contributed by atoms with van der Waals surface area (Å²) in [5.41, 5.74) is 6.04. The summed E-state index contributed by atoms with van der Waals surface area (Å²) in [5.74, 6) is 1.32. The van der Waals surface area contributed by atoms with Crippen LogP contribution < -0.4 is 4.90 Å². The maximum Gasteiger partial charge on any atom is 0.165 e. The predicted octanol–water partition coefficient (Wildman–Crippen LogP) is 2.39. The Labute approximate surface area is 168 Å². The highest BCUT2D eigenvalue weighted by Crippen LogP contribution is 2.31. The zero-order valence-electron chi connectivity index (χ0n) is 16.3. The molecule has 5 rings (SSSR count). The third-order valence-electron chi connectivity index (χ3n) is 5.76. The van der Waals surface area contributed by atoms with Crippen molar-refractivity contribution >= 4 is 17.0 Å². The first-order valence-electron chi connectivity index (χ1n) is 9.82. The summed E-state index contributed by atoms with van der Waals surface area (Å²) < 4.78 is 2.05. The Bertz CT molecular complexity index is 1140. The van der Waals surface area contributed by atoms with Crippen LogP contribution in [0.5, 0.6) is 0 Å². The molecule has 1 unspecified atom stereocenters. The number of benzene rings is 1. The van der Waals surface area contributed by atoms with E-state index >= 15 is 0 Å². The molecule has 1 saturated heterocycles. The molecule has 29 heavy (non-hydrogen) atoms. The highest BCUT2D eigenvalue weighted by molar-refractivity contribution is 5.83. The summed E-state index contributed by atoms with van der Waals surface area (Å²) in [4.78, 5) is 16.0. The van der Waals surface area contributed by atoms with Crippen LogP contribution in [0.1, 0.15) is 34.7 Å². The van der Waals surface area contributed by atoms with Crippen LogP contribution in [0.3, 0.4) is 0 Å². The fourth-order valence-corrected chi connectivity index (χ4v) is 4.15. The Morgan fingerprint density at radius 1 is 1.21 bits per heavy atom. The van der Waals surface area contributed by atoms with Gasteiger partial charge in [-0.2, -0.15) is 5.10 Å². The zero-order chi connectivity index (χ0) is 19.8. The van der Waals surface area contributed by atoms with Gasteiger partial charge in [-0.15, -0.1) is 0 Å². The minimum atomic E-state index is 0.0616. The Balaban J connectivity index is 1.42. The van der Waals surface area contributed by atoms with Crippen LogP contribution in [-0.4, -0.2) is 47.9 Å². The van der Waals surface area contributed by atoms with Crippen molar-refractivity contribution in [2.24, 2.45) is 0 Å². The molecular formula is C21H23N7O. The molecule has 1 fully saturated rings. The van der Waals surface area contributed by atoms with Gasteiger partial charge >= 0.3 is 0 Å². The quantitative estimate of drug-likeness (QED) is 0.544. The van der Waals surface area contributed by atoms with Crippen molar-refractivity contribution in [3.8, 4) is 0 Å². The molecule has 1 aromatic carbocycles. The van der Waals surface area contributed by atoms with Crippen molar-refractivity contribution in [1.29, 1.82) is 0 Å². The standard InChI is InChI=1S/C21H23N7O/c1-14-8-15(2-3-17(14)11-29)9-28-13-24-19-20(22-12-23-21(19)28)27-7-5-16(10-27)18-4-6-25-26-18/h2-4,6,8,12-13,16,29H,5,7,9-11H2,1H3,(H,25,26). The van der Waals surface area contributed by atoms with E-state index in [2.05, 4.69) is 40.7 Å². The van der Waals surface area contributed by atoms with Crippen LogP contribution in [0.15, 0.2) is 43.1 Å². The SMILES string of the molecule is Cc1cc(Cn2cnc3c(N4CCC(c5ccn[nH]5)C4)ncnc32)ccc1CO. The number of imidazole rings is 1. The van der Waals surface area contributed by atoms with Crippen LogP contribution in [-0.2, 0) is 13.2 Å². The molecule has 0 bridgehead atoms. The fourth-order valence-electron chi connectivity index (χ4n) is 4.15. The maximum atomic E-state index is 9.38. The van der Waals surface area contributed by atoms with Crippen LogP contribution in [0, 0.1) is 6.92 Å². The second-order valence-corrected chi connectivity index (χ2v) is 7.60. The number of H-pyrrole nitrogens is 1. The first-order chi connectivity index (χ1) is 14.2. The number of anilines is 1. The molecule has 0 saturated carbocycles. The van der Waals surface area contributed by atoms with Gasteiger partial charge in [0, 0.05) is 30.9 Å². The van der Waals surface area contributed by atoms with Crippen LogP contribution in [0.25, 0.3) is 11.2 Å². The van der Waals surface area contributed by atoms with Gasteiger partial charge in [-0.1, -0.05) is 18.2 Å². The topological polar surface area (TPSA) is 95.8 Å². The molecular weight excluding hydrogens is 366 g/mol. The van der Waals surface area contributed by atoms with Crippen LogP contribution >= 0.6 is 0 Å². The van der Waals surface area contributed by atoms with Gasteiger partial charge in [0.25, 0.3) is 0 Å². The largest absolute Gasteiger partial charge is 0.392 e. The van der Waals surface area contributed by atoms with Crippen molar-refractivity contribution in [1.82, 2.24) is 29.7 Å². The molecule has 0 amide bonds. The van der Waals surface area contributed by atoms with Gasteiger partial charge in [0.05, 0.1) is 19.5 Å². The number of nitrogens with zero attached hydrogens (tertiary/aromatic N) is 6. The number of nitrogens with one attached hydrogen (secondary N) is 1. The summed E-state index contributed by atoms with van der Waals surface area (Å²) in [6, 6.07) is 8.17. The summed E-state index contributed by atoms with van der Waals surface area (Å²) in [6.07, 6.45) is 6.32. The molecule has 8 nitrogen and oxygen atoms in total. The molecule has 2 N–H and O–H groups in total. The molecule has 148 valence electrons. The third kappa shape index (κ3) is 3.25. The number of aliphatic hydroxyl groups excluding tert-OH is 1. The van der Waals surface area contributed by atoms with Crippen molar-refractivity contribution < 1.29 is 5.11 Å². The molecule has 8 heteroatoms. The van der Waals surface area contributed by atoms with Crippen LogP contribution in [0.2, 0.25) is 0 Å². The van der Waals surface area contributed by atoms with Crippen molar-refractivity contribution in [2.45, 2.75) is 32.4 Å². The first kappa shape index (κ1) is 17.8. The predicted molar refractivity (Wildman–Crippen MR) is 110 cm³/mol. The number of aryl methyl sites for hydroxylation is 1. The van der Waals surface area contributed by atoms with Gasteiger partial charge in [-0.3, -0.25) is 5.10 Å². The summed E-state index contributed by atoms with van der Waals surface area (Å²) in [7, 11) is 0. The summed E-state index contributed by atoms with van der Waals surface area (Å²) in [6.45, 7) is 4.58. The number of fused-ring (bicyclic) bond motifs is 1. The molecule has 0 spiro atoms. The lowest BCUT2D eigenvalue weighted by atomic mass is 10.1. The lowest BCUT2D eigenvalue weighted by molar-refractivity contribution is 0.281. The van der Waals surface area contributed by atoms with Crippen molar-refractivity contribution in [2.75, 3.05) is 18.0 Å². The van der Waals surface area contributed by atoms with E-state index in [0.29, 0.717) is 12.5 Å². The van der Waals surface area contributed by atoms with E-state index in [1.807, 2.05) is 31.5 Å². The number of rotatable bonds is 5. The van der Waals surface area contributed by atoms with E-state index in [1.165, 1.54) is 5.69 Å². The van der Waals surface area contributed by atoms with Gasteiger partial charge in [0.1, 0.15) is 6.33 Å². The van der Waals surface area contributed by atoms with Gasteiger partial charge < -0.3 is 14.6 Å². The normalized spacial score (nSPS) is 16.8. The second kappa shape index (κ2) is 7.29. The molecule has 0 radical (unpaired) electrons. The second-order valence-electron chi connectivity index (χ2n) is 7.60. The average Bonchev–Trinajstić information content (AvgIpc) is 3.49. The van der Waals surface area contributed by atoms with Gasteiger partial charge in [-0.05, 0) is 36.1 Å². The Kier molecular flexibility index (Phi) is 4.48. The van der Waals surface area contributed by atoms with E-state index in [1.54, 1.807) is 12.5 Å². The lowest BCUT2D eigenvalue weighted by Gasteiger charge is -2.17. The Morgan fingerprint density at radius 2 is 2.14 bits per heavy atom. The molecule has 1 aliphatic rings. The Hall–Kier alpha value is -3.26. The monoisotopic (exact) mass is 389 g/mol. The minimum Gasteiger partial charge on any atom is -0.392 e. The van der Waals surface area contributed by atoms with Crippen molar-refractivity contribution in [3.63, 3.8) is 0 Å². The zero-order valence-corrected chi connectivity index (χ0v) is 16.3. The van der Waals surface area contributed by atoms with Gasteiger partial charge in [-0.25, -0.2) is 15.0 Å². The molecule has 4 aromatic rings. The molecule has 4 heterocycles. The molecule has 3 aromatic heterocycles. The highest BCUT2D eigenvalue weighted by Gasteiger charge is 2.27. The highest BCUT2D eigenvalue weighted by atomic mass is 16.3. The number of aromatic amines is 1. The summed E-state index contributed by atoms with van der Waals surface area (Å²) in [5, 5.41) is 16.5. The third-order valence-corrected chi connectivity index (χ3v) is 5.76. The Morgan fingerprint density at radius 3 is 2.93 bits per heavy atom. The van der Waals surface area contributed by atoms with E-state index in [-0.39, 0.29) is 6.61 Å². The van der Waals surface area contributed by atoms with Crippen LogP contribution in [0.4, 0.5) is 5.82 Å². The number of aromatic nitrogens is 6. The molecule has 1 aliphatic heterocycles. The first-order valence-corrected chi connectivity index (χ1v) is 9.82. The summed E-state index contributed by atoms with van der Waals surface area (Å²) >= 11 is 0. The molecule has 0 aliphatic carbocycles. The number of hydrogen-bond acceptors (Lipinski definition) is 6. The number of aliphatic hydroxyl groups is 1. The molecule has 1 atom stereocenters. The van der Waals surface area contributed by atoms with Gasteiger partial charge in [0.15, 0.2) is 17.0 Å². The van der Waals surface area contributed by atoms with Crippen molar-refractivity contribution in [3.05, 3.63) is 65.5 Å². The fraction of sp³-hybridized carbons (Fsp3) is 0.333. The average molecular weight is 389 g/mol.